The number of hydrogen-bond acceptors (Lipinski definition) is 4. The maximum atomic E-state index is 11.0. The van der Waals surface area contributed by atoms with Crippen LogP contribution in [0.15, 0.2) is 42.5 Å². The summed E-state index contributed by atoms with van der Waals surface area (Å²) in [5, 5.41) is 9.03. The zero-order valence-electron chi connectivity index (χ0n) is 11.8. The van der Waals surface area contributed by atoms with E-state index in [0.717, 1.165) is 5.56 Å². The first-order chi connectivity index (χ1) is 10.1. The summed E-state index contributed by atoms with van der Waals surface area (Å²) < 4.78 is 15.9. The minimum absolute atomic E-state index is 0.127. The van der Waals surface area contributed by atoms with Gasteiger partial charge in [-0.1, -0.05) is 12.1 Å². The van der Waals surface area contributed by atoms with Crippen molar-refractivity contribution in [3.63, 3.8) is 0 Å². The molecule has 0 unspecified atom stereocenters. The van der Waals surface area contributed by atoms with Crippen LogP contribution in [0.4, 0.5) is 0 Å². The fourth-order valence-electron chi connectivity index (χ4n) is 1.86. The van der Waals surface area contributed by atoms with E-state index >= 15 is 0 Å². The number of hydrogen-bond donors (Lipinski definition) is 1. The van der Waals surface area contributed by atoms with E-state index in [2.05, 4.69) is 0 Å². The summed E-state index contributed by atoms with van der Waals surface area (Å²) in [4.78, 5) is 11.0. The maximum Gasteiger partial charge on any atom is 0.339 e. The van der Waals surface area contributed by atoms with Crippen LogP contribution in [0.25, 0.3) is 0 Å². The molecule has 0 aliphatic rings. The summed E-state index contributed by atoms with van der Waals surface area (Å²) in [6.07, 6.45) is 0. The first kappa shape index (κ1) is 14.7. The zero-order chi connectivity index (χ0) is 15.2. The summed E-state index contributed by atoms with van der Waals surface area (Å²) in [7, 11) is 3.03. The molecule has 0 aliphatic carbocycles. The molecule has 2 rings (SSSR count). The summed E-state index contributed by atoms with van der Waals surface area (Å²) in [6, 6.07) is 12.1. The molecule has 0 spiro atoms. The standard InChI is InChI=1S/C16H16O5/c1-19-12-4-3-5-13(9-12)21-10-11-6-7-14(16(17)18)15(8-11)20-2/h3-9H,10H2,1-2H3,(H,17,18). The van der Waals surface area contributed by atoms with E-state index in [0.29, 0.717) is 23.9 Å². The molecule has 0 amide bonds. The molecule has 2 aromatic carbocycles. The van der Waals surface area contributed by atoms with Gasteiger partial charge in [-0.15, -0.1) is 0 Å². The zero-order valence-corrected chi connectivity index (χ0v) is 11.8. The van der Waals surface area contributed by atoms with Crippen LogP contribution in [0.3, 0.4) is 0 Å². The SMILES string of the molecule is COc1cccc(OCc2ccc(C(=O)O)c(OC)c2)c1. The first-order valence-corrected chi connectivity index (χ1v) is 6.31. The molecule has 0 saturated carbocycles. The fraction of sp³-hybridized carbons (Fsp3) is 0.188. The van der Waals surface area contributed by atoms with Crippen molar-refractivity contribution in [2.24, 2.45) is 0 Å². The van der Waals surface area contributed by atoms with Crippen LogP contribution < -0.4 is 14.2 Å². The molecule has 110 valence electrons. The van der Waals surface area contributed by atoms with Crippen LogP contribution in [-0.4, -0.2) is 25.3 Å². The summed E-state index contributed by atoms with van der Waals surface area (Å²) in [5.74, 6) is 0.684. The third kappa shape index (κ3) is 3.66. The van der Waals surface area contributed by atoms with Crippen molar-refractivity contribution in [3.05, 3.63) is 53.6 Å². The van der Waals surface area contributed by atoms with Crippen molar-refractivity contribution in [1.82, 2.24) is 0 Å². The van der Waals surface area contributed by atoms with Crippen LogP contribution in [0.2, 0.25) is 0 Å². The summed E-state index contributed by atoms with van der Waals surface area (Å²) in [6.45, 7) is 0.309. The van der Waals surface area contributed by atoms with Crippen molar-refractivity contribution < 1.29 is 24.1 Å². The molecular formula is C16H16O5. The fourth-order valence-corrected chi connectivity index (χ4v) is 1.86. The van der Waals surface area contributed by atoms with Crippen molar-refractivity contribution in [2.45, 2.75) is 6.61 Å². The van der Waals surface area contributed by atoms with Crippen LogP contribution in [0.1, 0.15) is 15.9 Å². The third-order valence-corrected chi connectivity index (χ3v) is 2.94. The largest absolute Gasteiger partial charge is 0.497 e. The Morgan fingerprint density at radius 3 is 2.48 bits per heavy atom. The van der Waals surface area contributed by atoms with Crippen LogP contribution in [-0.2, 0) is 6.61 Å². The molecule has 2 aromatic rings. The van der Waals surface area contributed by atoms with Crippen LogP contribution in [0, 0.1) is 0 Å². The predicted molar refractivity (Wildman–Crippen MR) is 77.3 cm³/mol. The van der Waals surface area contributed by atoms with Gasteiger partial charge in [0.15, 0.2) is 0 Å². The van der Waals surface area contributed by atoms with Gasteiger partial charge in [0, 0.05) is 6.07 Å². The Bertz CT molecular complexity index is 636. The highest BCUT2D eigenvalue weighted by atomic mass is 16.5. The second-order valence-corrected chi connectivity index (χ2v) is 4.31. The Balaban J connectivity index is 2.11. The Hall–Kier alpha value is -2.69. The molecule has 0 atom stereocenters. The highest BCUT2D eigenvalue weighted by Gasteiger charge is 2.11. The van der Waals surface area contributed by atoms with Crippen molar-refractivity contribution >= 4 is 5.97 Å². The molecule has 0 fully saturated rings. The predicted octanol–water partition coefficient (Wildman–Crippen LogP) is 2.98. The van der Waals surface area contributed by atoms with Gasteiger partial charge in [0.2, 0.25) is 0 Å². The lowest BCUT2D eigenvalue weighted by Gasteiger charge is -2.10. The van der Waals surface area contributed by atoms with Gasteiger partial charge in [-0.25, -0.2) is 4.79 Å². The van der Waals surface area contributed by atoms with Gasteiger partial charge in [0.05, 0.1) is 14.2 Å². The Labute approximate surface area is 122 Å². The van der Waals surface area contributed by atoms with Gasteiger partial charge in [-0.3, -0.25) is 0 Å². The van der Waals surface area contributed by atoms with E-state index in [1.54, 1.807) is 25.3 Å². The lowest BCUT2D eigenvalue weighted by atomic mass is 10.1. The second kappa shape index (κ2) is 6.65. The third-order valence-electron chi connectivity index (χ3n) is 2.94. The highest BCUT2D eigenvalue weighted by Crippen LogP contribution is 2.23. The average molecular weight is 288 g/mol. The van der Waals surface area contributed by atoms with Crippen LogP contribution in [0.5, 0.6) is 17.2 Å². The molecule has 0 aliphatic heterocycles. The molecular weight excluding hydrogens is 272 g/mol. The van der Waals surface area contributed by atoms with Gasteiger partial charge in [-0.2, -0.15) is 0 Å². The smallest absolute Gasteiger partial charge is 0.339 e. The lowest BCUT2D eigenvalue weighted by molar-refractivity contribution is 0.0693. The second-order valence-electron chi connectivity index (χ2n) is 4.31. The van der Waals surface area contributed by atoms with Gasteiger partial charge < -0.3 is 19.3 Å². The number of rotatable bonds is 6. The molecule has 0 saturated heterocycles. The van der Waals surface area contributed by atoms with Crippen molar-refractivity contribution in [1.29, 1.82) is 0 Å². The van der Waals surface area contributed by atoms with E-state index in [-0.39, 0.29) is 5.56 Å². The molecule has 0 radical (unpaired) electrons. The normalized spacial score (nSPS) is 10.0. The number of carboxylic acid groups (broad SMARTS) is 1. The Morgan fingerprint density at radius 1 is 1.05 bits per heavy atom. The van der Waals surface area contributed by atoms with E-state index < -0.39 is 5.97 Å². The minimum atomic E-state index is -1.02. The molecule has 1 N–H and O–H groups in total. The average Bonchev–Trinajstić information content (AvgIpc) is 2.52. The van der Waals surface area contributed by atoms with E-state index in [1.165, 1.54) is 13.2 Å². The summed E-state index contributed by atoms with van der Waals surface area (Å²) >= 11 is 0. The minimum Gasteiger partial charge on any atom is -0.497 e. The first-order valence-electron chi connectivity index (χ1n) is 6.31. The molecule has 0 aromatic heterocycles. The van der Waals surface area contributed by atoms with Gasteiger partial charge >= 0.3 is 5.97 Å². The van der Waals surface area contributed by atoms with Crippen LogP contribution >= 0.6 is 0 Å². The van der Waals surface area contributed by atoms with Gasteiger partial charge in [0.1, 0.15) is 29.4 Å². The number of ether oxygens (including phenoxy) is 3. The van der Waals surface area contributed by atoms with Crippen molar-refractivity contribution in [2.75, 3.05) is 14.2 Å². The quantitative estimate of drug-likeness (QED) is 0.885. The molecule has 5 nitrogen and oxygen atoms in total. The monoisotopic (exact) mass is 288 g/mol. The van der Waals surface area contributed by atoms with Gasteiger partial charge in [-0.05, 0) is 29.8 Å². The highest BCUT2D eigenvalue weighted by molar-refractivity contribution is 5.90. The molecule has 5 heteroatoms. The van der Waals surface area contributed by atoms with E-state index in [1.807, 2.05) is 18.2 Å². The Morgan fingerprint density at radius 2 is 1.81 bits per heavy atom. The molecule has 0 bridgehead atoms. The number of methoxy groups -OCH3 is 2. The lowest BCUT2D eigenvalue weighted by Crippen LogP contribution is -2.02. The maximum absolute atomic E-state index is 11.0. The van der Waals surface area contributed by atoms with E-state index in [4.69, 9.17) is 19.3 Å². The summed E-state index contributed by atoms with van der Waals surface area (Å²) in [5.41, 5.74) is 0.947. The molecule has 0 heterocycles. The van der Waals surface area contributed by atoms with E-state index in [9.17, 15) is 4.79 Å². The number of aromatic carboxylic acids is 1. The number of benzene rings is 2. The molecule has 21 heavy (non-hydrogen) atoms. The van der Waals surface area contributed by atoms with Crippen molar-refractivity contribution in [3.8, 4) is 17.2 Å². The topological polar surface area (TPSA) is 65.0 Å². The number of carboxylic acids is 1. The van der Waals surface area contributed by atoms with Gasteiger partial charge in [0.25, 0.3) is 0 Å². The Kier molecular flexibility index (Phi) is 4.66. The number of carbonyl (C=O) groups is 1.